The summed E-state index contributed by atoms with van der Waals surface area (Å²) in [6, 6.07) is 14.4. The maximum absolute atomic E-state index is 13.8. The maximum Gasteiger partial charge on any atom is 0.318 e. The normalized spacial score (nSPS) is 11.7. The van der Waals surface area contributed by atoms with E-state index in [0.717, 1.165) is 17.4 Å². The van der Waals surface area contributed by atoms with Gasteiger partial charge < -0.3 is 10.5 Å². The number of ether oxygens (including phenoxy) is 1. The van der Waals surface area contributed by atoms with Gasteiger partial charge in [-0.1, -0.05) is 42.1 Å². The second kappa shape index (κ2) is 9.20. The maximum atomic E-state index is 13.8. The van der Waals surface area contributed by atoms with Gasteiger partial charge in [-0.3, -0.25) is 14.7 Å². The lowest BCUT2D eigenvalue weighted by atomic mass is 10.3. The molecule has 150 valence electrons. The molecule has 0 aliphatic heterocycles. The molecular weight excluding hydrogens is 397 g/mol. The Balaban J connectivity index is 1.86. The highest BCUT2D eigenvalue weighted by atomic mass is 32.2. The van der Waals surface area contributed by atoms with Crippen molar-refractivity contribution in [1.29, 1.82) is 0 Å². The molecule has 0 aliphatic carbocycles. The molecule has 0 saturated heterocycles. The molecule has 0 spiro atoms. The number of imide groups is 1. The van der Waals surface area contributed by atoms with Crippen LogP contribution >= 0.6 is 11.8 Å². The van der Waals surface area contributed by atoms with Crippen molar-refractivity contribution < 1.29 is 18.7 Å². The minimum absolute atomic E-state index is 0.0365. The first-order chi connectivity index (χ1) is 14.0. The third kappa shape index (κ3) is 5.11. The van der Waals surface area contributed by atoms with E-state index in [2.05, 4.69) is 10.2 Å². The predicted molar refractivity (Wildman–Crippen MR) is 105 cm³/mol. The lowest BCUT2D eigenvalue weighted by Crippen LogP contribution is -2.39. The van der Waals surface area contributed by atoms with E-state index in [1.54, 1.807) is 23.6 Å². The van der Waals surface area contributed by atoms with Crippen molar-refractivity contribution >= 4 is 23.7 Å². The average molecular weight is 415 g/mol. The average Bonchev–Trinajstić information content (AvgIpc) is 3.10. The van der Waals surface area contributed by atoms with Gasteiger partial charge in [0.25, 0.3) is 0 Å². The number of amides is 3. The Kier molecular flexibility index (Phi) is 6.45. The predicted octanol–water partition coefficient (Wildman–Crippen LogP) is 2.66. The van der Waals surface area contributed by atoms with Crippen LogP contribution in [0.5, 0.6) is 5.75 Å². The third-order valence-electron chi connectivity index (χ3n) is 3.81. The molecular formula is C19H18FN5O3S. The van der Waals surface area contributed by atoms with Crippen molar-refractivity contribution in [3.63, 3.8) is 0 Å². The van der Waals surface area contributed by atoms with E-state index in [1.165, 1.54) is 12.1 Å². The molecule has 3 N–H and O–H groups in total. The number of hydrogen-bond acceptors (Lipinski definition) is 6. The van der Waals surface area contributed by atoms with Crippen LogP contribution in [0, 0.1) is 5.82 Å². The van der Waals surface area contributed by atoms with Crippen molar-refractivity contribution in [1.82, 2.24) is 20.1 Å². The Hall–Kier alpha value is -3.40. The van der Waals surface area contributed by atoms with E-state index >= 15 is 0 Å². The largest absolute Gasteiger partial charge is 0.483 e. The molecule has 8 nitrogen and oxygen atoms in total. The van der Waals surface area contributed by atoms with E-state index < -0.39 is 23.0 Å². The van der Waals surface area contributed by atoms with Crippen LogP contribution in [0.4, 0.5) is 9.18 Å². The quantitative estimate of drug-likeness (QED) is 0.574. The summed E-state index contributed by atoms with van der Waals surface area (Å²) in [6.45, 7) is 1.58. The number of carbonyl (C=O) groups excluding carboxylic acids is 2. The Bertz CT molecular complexity index is 1010. The fourth-order valence-electron chi connectivity index (χ4n) is 2.45. The van der Waals surface area contributed by atoms with Gasteiger partial charge in [-0.15, -0.1) is 10.2 Å². The Morgan fingerprint density at radius 2 is 1.86 bits per heavy atom. The molecule has 0 fully saturated rings. The summed E-state index contributed by atoms with van der Waals surface area (Å²) in [5.74, 6) is -0.512. The van der Waals surface area contributed by atoms with Gasteiger partial charge in [0.05, 0.1) is 5.25 Å². The molecule has 3 amide bonds. The van der Waals surface area contributed by atoms with Crippen LogP contribution in [-0.2, 0) is 11.4 Å². The fourth-order valence-corrected chi connectivity index (χ4v) is 3.33. The Labute approximate surface area is 170 Å². The molecule has 2 aromatic carbocycles. The molecule has 10 heteroatoms. The zero-order valence-electron chi connectivity index (χ0n) is 15.4. The minimum atomic E-state index is -0.925. The molecule has 0 aliphatic rings. The molecule has 0 bridgehead atoms. The van der Waals surface area contributed by atoms with Crippen LogP contribution in [0.15, 0.2) is 59.8 Å². The second-order valence-corrected chi connectivity index (χ2v) is 7.21. The van der Waals surface area contributed by atoms with Crippen LogP contribution in [-0.4, -0.2) is 32.0 Å². The van der Waals surface area contributed by atoms with Gasteiger partial charge in [0.15, 0.2) is 22.5 Å². The van der Waals surface area contributed by atoms with Gasteiger partial charge in [-0.05, 0) is 31.2 Å². The summed E-state index contributed by atoms with van der Waals surface area (Å²) in [5.41, 5.74) is 5.74. The number of para-hydroxylation sites is 2. The van der Waals surface area contributed by atoms with Crippen LogP contribution in [0.25, 0.3) is 5.69 Å². The molecule has 1 unspecified atom stereocenters. The van der Waals surface area contributed by atoms with Crippen molar-refractivity contribution in [3.05, 3.63) is 66.2 Å². The lowest BCUT2D eigenvalue weighted by Gasteiger charge is -2.13. The van der Waals surface area contributed by atoms with Gasteiger partial charge in [0.2, 0.25) is 5.91 Å². The SMILES string of the molecule is CC(Sc1nnc(COc2ccccc2F)n1-c1ccccc1)C(=O)NC(N)=O. The number of nitrogens with zero attached hydrogens (tertiary/aromatic N) is 3. The number of benzene rings is 2. The van der Waals surface area contributed by atoms with Crippen LogP contribution in [0.2, 0.25) is 0 Å². The van der Waals surface area contributed by atoms with Crippen molar-refractivity contribution in [2.45, 2.75) is 23.9 Å². The third-order valence-corrected chi connectivity index (χ3v) is 4.85. The highest BCUT2D eigenvalue weighted by Gasteiger charge is 2.22. The summed E-state index contributed by atoms with van der Waals surface area (Å²) in [5, 5.41) is 10.1. The standard InChI is InChI=1S/C19H18FN5O3S/c1-12(17(26)22-18(21)27)29-19-24-23-16(25(19)13-7-3-2-4-8-13)11-28-15-10-6-5-9-14(15)20/h2-10,12H,11H2,1H3,(H3,21,22,26,27). The van der Waals surface area contributed by atoms with Crippen molar-refractivity contribution in [2.24, 2.45) is 5.73 Å². The first kappa shape index (κ1) is 20.3. The van der Waals surface area contributed by atoms with Gasteiger partial charge >= 0.3 is 6.03 Å². The van der Waals surface area contributed by atoms with Crippen LogP contribution in [0.1, 0.15) is 12.7 Å². The smallest absolute Gasteiger partial charge is 0.318 e. The first-order valence-electron chi connectivity index (χ1n) is 8.59. The van der Waals surface area contributed by atoms with E-state index in [1.807, 2.05) is 35.6 Å². The molecule has 0 radical (unpaired) electrons. The van der Waals surface area contributed by atoms with Crippen molar-refractivity contribution in [3.8, 4) is 11.4 Å². The van der Waals surface area contributed by atoms with E-state index in [4.69, 9.17) is 10.5 Å². The number of primary amides is 1. The molecule has 0 saturated carbocycles. The minimum Gasteiger partial charge on any atom is -0.483 e. The molecule has 3 rings (SSSR count). The zero-order valence-corrected chi connectivity index (χ0v) is 16.2. The fraction of sp³-hybridized carbons (Fsp3) is 0.158. The first-order valence-corrected chi connectivity index (χ1v) is 9.47. The number of thioether (sulfide) groups is 1. The number of aromatic nitrogens is 3. The molecule has 29 heavy (non-hydrogen) atoms. The highest BCUT2D eigenvalue weighted by Crippen LogP contribution is 2.26. The molecule has 3 aromatic rings. The van der Waals surface area contributed by atoms with Gasteiger partial charge in [0, 0.05) is 5.69 Å². The summed E-state index contributed by atoms with van der Waals surface area (Å²) in [4.78, 5) is 22.9. The molecule has 1 aromatic heterocycles. The zero-order chi connectivity index (χ0) is 20.8. The summed E-state index contributed by atoms with van der Waals surface area (Å²) < 4.78 is 21.1. The number of rotatable bonds is 7. The topological polar surface area (TPSA) is 112 Å². The summed E-state index contributed by atoms with van der Waals surface area (Å²) >= 11 is 1.10. The van der Waals surface area contributed by atoms with E-state index in [0.29, 0.717) is 11.0 Å². The van der Waals surface area contributed by atoms with E-state index in [9.17, 15) is 14.0 Å². The van der Waals surface area contributed by atoms with Crippen molar-refractivity contribution in [2.75, 3.05) is 0 Å². The molecule has 1 atom stereocenters. The Morgan fingerprint density at radius 3 is 2.55 bits per heavy atom. The summed E-state index contributed by atoms with van der Waals surface area (Å²) in [6.07, 6.45) is 0. The van der Waals surface area contributed by atoms with Gasteiger partial charge in [0.1, 0.15) is 6.61 Å². The second-order valence-electron chi connectivity index (χ2n) is 5.90. The number of nitrogens with one attached hydrogen (secondary N) is 1. The number of carbonyl (C=O) groups is 2. The molecule has 1 heterocycles. The lowest BCUT2D eigenvalue weighted by molar-refractivity contribution is -0.119. The number of halogens is 1. The van der Waals surface area contributed by atoms with Gasteiger partial charge in [-0.25, -0.2) is 9.18 Å². The summed E-state index contributed by atoms with van der Waals surface area (Å²) in [7, 11) is 0. The van der Waals surface area contributed by atoms with E-state index in [-0.39, 0.29) is 12.4 Å². The number of nitrogens with two attached hydrogens (primary N) is 1. The van der Waals surface area contributed by atoms with Crippen LogP contribution < -0.4 is 15.8 Å². The van der Waals surface area contributed by atoms with Gasteiger partial charge in [-0.2, -0.15) is 0 Å². The highest BCUT2D eigenvalue weighted by molar-refractivity contribution is 8.00. The monoisotopic (exact) mass is 415 g/mol. The number of hydrogen-bond donors (Lipinski definition) is 2. The Morgan fingerprint density at radius 1 is 1.17 bits per heavy atom. The van der Waals surface area contributed by atoms with Crippen LogP contribution in [0.3, 0.4) is 0 Å². The number of urea groups is 1.